The van der Waals surface area contributed by atoms with Gasteiger partial charge in [-0.15, -0.1) is 0 Å². The molecule has 2 heterocycles. The Labute approximate surface area is 174 Å². The topological polar surface area (TPSA) is 93.9 Å². The third-order valence-electron chi connectivity index (χ3n) is 5.29. The number of aromatic nitrogens is 2. The normalized spacial score (nSPS) is 18.7. The van der Waals surface area contributed by atoms with E-state index in [9.17, 15) is 14.4 Å². The summed E-state index contributed by atoms with van der Waals surface area (Å²) in [5.41, 5.74) is 1.01. The van der Waals surface area contributed by atoms with Crippen LogP contribution in [0.2, 0.25) is 0 Å². The van der Waals surface area contributed by atoms with Crippen LogP contribution < -0.4 is 10.6 Å². The number of benzene rings is 1. The molecular weight excluding hydrogens is 383 g/mol. The second-order valence-corrected chi connectivity index (χ2v) is 7.59. The monoisotopic (exact) mass is 406 g/mol. The van der Waals surface area contributed by atoms with Crippen LogP contribution in [-0.4, -0.2) is 39.9 Å². The molecule has 1 amide bonds. The Balaban J connectivity index is 1.41. The van der Waals surface area contributed by atoms with Gasteiger partial charge in [0.15, 0.2) is 11.6 Å². The van der Waals surface area contributed by atoms with Crippen molar-refractivity contribution in [1.29, 1.82) is 5.26 Å². The number of hydrogen-bond donors (Lipinski definition) is 2. The minimum atomic E-state index is -0.559. The van der Waals surface area contributed by atoms with E-state index in [0.717, 1.165) is 37.6 Å². The highest BCUT2D eigenvalue weighted by atomic mass is 19.1. The predicted molar refractivity (Wildman–Crippen MR) is 111 cm³/mol. The molecule has 1 aromatic carbocycles. The zero-order chi connectivity index (χ0) is 20.9. The zero-order valence-corrected chi connectivity index (χ0v) is 16.5. The fourth-order valence-corrected chi connectivity index (χ4v) is 3.54. The van der Waals surface area contributed by atoms with Crippen LogP contribution in [0.3, 0.4) is 0 Å². The molecule has 4 rings (SSSR count). The fraction of sp³-hybridized carbons (Fsp3) is 0.364. The molecule has 2 aliphatic rings. The number of halogens is 1. The first-order valence-corrected chi connectivity index (χ1v) is 10.2. The van der Waals surface area contributed by atoms with Crippen LogP contribution in [-0.2, 0) is 4.79 Å². The highest BCUT2D eigenvalue weighted by Crippen LogP contribution is 2.32. The fourth-order valence-electron chi connectivity index (χ4n) is 3.54. The number of nitriles is 1. The number of carbonyl (C=O) groups is 1. The zero-order valence-electron chi connectivity index (χ0n) is 16.5. The van der Waals surface area contributed by atoms with Crippen molar-refractivity contribution >= 4 is 23.4 Å². The second-order valence-electron chi connectivity index (χ2n) is 7.59. The highest BCUT2D eigenvalue weighted by Gasteiger charge is 2.32. The molecule has 30 heavy (non-hydrogen) atoms. The van der Waals surface area contributed by atoms with Crippen LogP contribution in [0, 0.1) is 23.1 Å². The van der Waals surface area contributed by atoms with Gasteiger partial charge in [-0.3, -0.25) is 4.79 Å². The van der Waals surface area contributed by atoms with Crippen molar-refractivity contribution in [2.75, 3.05) is 23.7 Å². The van der Waals surface area contributed by atoms with E-state index >= 15 is 0 Å². The van der Waals surface area contributed by atoms with E-state index in [0.29, 0.717) is 19.0 Å². The van der Waals surface area contributed by atoms with Crippen LogP contribution in [0.1, 0.15) is 25.7 Å². The van der Waals surface area contributed by atoms with Crippen molar-refractivity contribution in [1.82, 2.24) is 14.9 Å². The van der Waals surface area contributed by atoms with E-state index in [1.54, 1.807) is 11.0 Å². The molecule has 1 aliphatic heterocycles. The average Bonchev–Trinajstić information content (AvgIpc) is 3.47. The quantitative estimate of drug-likeness (QED) is 0.539. The lowest BCUT2D eigenvalue weighted by Crippen LogP contribution is -2.40. The molecule has 7 nitrogen and oxygen atoms in total. The number of para-hydroxylation sites is 1. The number of allylic oxidation sites excluding steroid dienone is 1. The van der Waals surface area contributed by atoms with E-state index in [-0.39, 0.29) is 29.3 Å². The first-order chi connectivity index (χ1) is 14.6. The number of nitrogens with zero attached hydrogens (tertiary/aromatic N) is 4. The third-order valence-corrected chi connectivity index (χ3v) is 5.29. The van der Waals surface area contributed by atoms with E-state index < -0.39 is 5.82 Å². The molecule has 2 N–H and O–H groups in total. The maximum absolute atomic E-state index is 14.2. The van der Waals surface area contributed by atoms with Gasteiger partial charge in [0.25, 0.3) is 5.91 Å². The summed E-state index contributed by atoms with van der Waals surface area (Å²) in [6, 6.07) is 11.3. The van der Waals surface area contributed by atoms with Crippen molar-refractivity contribution < 1.29 is 9.18 Å². The molecule has 0 spiro atoms. The number of hydrogen-bond acceptors (Lipinski definition) is 6. The number of amides is 1. The molecule has 1 atom stereocenters. The minimum absolute atomic E-state index is 0.0803. The summed E-state index contributed by atoms with van der Waals surface area (Å²) in [7, 11) is 0. The van der Waals surface area contributed by atoms with Crippen molar-refractivity contribution in [3.63, 3.8) is 0 Å². The SMILES string of the molecule is N#C/C(=C\C1CC1)C(=O)N1CCCC1CNc1nc(Nc2ccccc2)ncc1F. The summed E-state index contributed by atoms with van der Waals surface area (Å²) < 4.78 is 14.2. The smallest absolute Gasteiger partial charge is 0.264 e. The maximum atomic E-state index is 14.2. The van der Waals surface area contributed by atoms with E-state index in [1.807, 2.05) is 36.4 Å². The first-order valence-electron chi connectivity index (χ1n) is 10.2. The number of nitrogens with one attached hydrogen (secondary N) is 2. The van der Waals surface area contributed by atoms with Gasteiger partial charge in [0.05, 0.1) is 6.20 Å². The van der Waals surface area contributed by atoms with E-state index in [2.05, 4.69) is 20.6 Å². The molecule has 0 bridgehead atoms. The van der Waals surface area contributed by atoms with Gasteiger partial charge in [-0.25, -0.2) is 9.37 Å². The van der Waals surface area contributed by atoms with E-state index in [4.69, 9.17) is 0 Å². The predicted octanol–water partition coefficient (Wildman–Crippen LogP) is 3.62. The van der Waals surface area contributed by atoms with Gasteiger partial charge in [-0.05, 0) is 43.7 Å². The van der Waals surface area contributed by atoms with Crippen molar-refractivity contribution in [3.05, 3.63) is 54.0 Å². The summed E-state index contributed by atoms with van der Waals surface area (Å²) in [6.07, 6.45) is 6.63. The van der Waals surface area contributed by atoms with Gasteiger partial charge in [0.1, 0.15) is 11.6 Å². The Morgan fingerprint density at radius 3 is 2.83 bits per heavy atom. The lowest BCUT2D eigenvalue weighted by molar-refractivity contribution is -0.127. The molecular formula is C22H23FN6O. The molecule has 2 fully saturated rings. The van der Waals surface area contributed by atoms with Gasteiger partial charge in [-0.2, -0.15) is 10.2 Å². The Kier molecular flexibility index (Phi) is 5.89. The second kappa shape index (κ2) is 8.91. The van der Waals surface area contributed by atoms with Crippen LogP contribution in [0.25, 0.3) is 0 Å². The van der Waals surface area contributed by atoms with Gasteiger partial charge >= 0.3 is 0 Å². The van der Waals surface area contributed by atoms with E-state index in [1.165, 1.54) is 0 Å². The molecule has 1 unspecified atom stereocenters. The summed E-state index contributed by atoms with van der Waals surface area (Å²) in [4.78, 5) is 22.7. The van der Waals surface area contributed by atoms with Gasteiger partial charge in [0, 0.05) is 24.8 Å². The maximum Gasteiger partial charge on any atom is 0.264 e. The molecule has 2 aromatic rings. The van der Waals surface area contributed by atoms with Crippen LogP contribution in [0.4, 0.5) is 21.8 Å². The molecule has 1 aromatic heterocycles. The van der Waals surface area contributed by atoms with Gasteiger partial charge in [-0.1, -0.05) is 24.3 Å². The van der Waals surface area contributed by atoms with Gasteiger partial charge < -0.3 is 15.5 Å². The number of carbonyl (C=O) groups excluding carboxylic acids is 1. The average molecular weight is 406 g/mol. The summed E-state index contributed by atoms with van der Waals surface area (Å²) >= 11 is 0. The number of rotatable bonds is 7. The molecule has 0 radical (unpaired) electrons. The summed E-state index contributed by atoms with van der Waals surface area (Å²) in [6.45, 7) is 0.953. The Morgan fingerprint density at radius 1 is 1.30 bits per heavy atom. The summed E-state index contributed by atoms with van der Waals surface area (Å²) in [5.74, 6) is -0.0760. The standard InChI is InChI=1S/C22H23FN6O/c23-19-14-26-22(27-17-5-2-1-3-6-17)28-20(19)25-13-18-7-4-10-29(18)21(30)16(12-24)11-15-8-9-15/h1-3,5-6,11,14-15,18H,4,7-10,13H2,(H2,25,26,27,28)/b16-11+. The largest absolute Gasteiger partial charge is 0.365 e. The lowest BCUT2D eigenvalue weighted by Gasteiger charge is -2.25. The third kappa shape index (κ3) is 4.74. The number of likely N-dealkylation sites (tertiary alicyclic amines) is 1. The molecule has 1 aliphatic carbocycles. The number of anilines is 3. The van der Waals surface area contributed by atoms with Crippen LogP contribution >= 0.6 is 0 Å². The lowest BCUT2D eigenvalue weighted by atomic mass is 10.1. The Morgan fingerprint density at radius 2 is 2.10 bits per heavy atom. The van der Waals surface area contributed by atoms with Crippen molar-refractivity contribution in [2.24, 2.45) is 5.92 Å². The molecule has 154 valence electrons. The molecule has 1 saturated heterocycles. The van der Waals surface area contributed by atoms with Crippen LogP contribution in [0.15, 0.2) is 48.2 Å². The molecule has 8 heteroatoms. The first kappa shape index (κ1) is 19.8. The Hall–Kier alpha value is -3.47. The summed E-state index contributed by atoms with van der Waals surface area (Å²) in [5, 5.41) is 15.4. The van der Waals surface area contributed by atoms with Crippen LogP contribution in [0.5, 0.6) is 0 Å². The minimum Gasteiger partial charge on any atom is -0.365 e. The Bertz CT molecular complexity index is 983. The van der Waals surface area contributed by atoms with Crippen molar-refractivity contribution in [2.45, 2.75) is 31.7 Å². The van der Waals surface area contributed by atoms with Gasteiger partial charge in [0.2, 0.25) is 5.95 Å². The highest BCUT2D eigenvalue weighted by molar-refractivity contribution is 5.97. The van der Waals surface area contributed by atoms with Crippen molar-refractivity contribution in [3.8, 4) is 6.07 Å². The molecule has 1 saturated carbocycles.